The fourth-order valence-electron chi connectivity index (χ4n) is 12.5. The number of rotatable bonds is 2. The number of hydrogen-bond donors (Lipinski definition) is 0. The summed E-state index contributed by atoms with van der Waals surface area (Å²) in [5.41, 5.74) is 23.3. The van der Waals surface area contributed by atoms with Gasteiger partial charge in [-0.15, -0.1) is 11.3 Å². The molecule has 5 aromatic carbocycles. The number of hydrogen-bond acceptors (Lipinski definition) is 3. The second-order valence-electron chi connectivity index (χ2n) is 22.7. The molecule has 3 aliphatic carbocycles. The van der Waals surface area contributed by atoms with Gasteiger partial charge in [-0.2, -0.15) is 0 Å². The minimum absolute atomic E-state index is 0.0854. The molecular weight excluding hydrogens is 756 g/mol. The van der Waals surface area contributed by atoms with Crippen LogP contribution in [0.2, 0.25) is 0 Å². The van der Waals surface area contributed by atoms with Crippen LogP contribution in [0.25, 0.3) is 10.1 Å². The number of thiophene rings is 1. The summed E-state index contributed by atoms with van der Waals surface area (Å²) in [4.78, 5) is 5.40. The van der Waals surface area contributed by atoms with Crippen LogP contribution in [-0.4, -0.2) is 6.71 Å². The van der Waals surface area contributed by atoms with Gasteiger partial charge in [0.25, 0.3) is 6.71 Å². The highest BCUT2D eigenvalue weighted by Crippen LogP contribution is 2.54. The lowest BCUT2D eigenvalue weighted by molar-refractivity contribution is 0.332. The summed E-state index contributed by atoms with van der Waals surface area (Å²) < 4.78 is 2.95. The molecule has 3 heterocycles. The first-order valence-corrected chi connectivity index (χ1v) is 24.5. The molecule has 2 nitrogen and oxygen atoms in total. The first-order chi connectivity index (χ1) is 28.9. The van der Waals surface area contributed by atoms with Gasteiger partial charge in [-0.25, -0.2) is 0 Å². The van der Waals surface area contributed by atoms with Crippen LogP contribution in [0, 0.1) is 6.92 Å². The van der Waals surface area contributed by atoms with E-state index in [1.54, 1.807) is 22.3 Å². The Kier molecular flexibility index (Phi) is 8.67. The molecule has 0 bridgehead atoms. The lowest BCUT2D eigenvalue weighted by atomic mass is 9.36. The van der Waals surface area contributed by atoms with Gasteiger partial charge in [0.1, 0.15) is 0 Å². The van der Waals surface area contributed by atoms with Crippen molar-refractivity contribution in [1.29, 1.82) is 0 Å². The molecule has 0 spiro atoms. The number of fused-ring (bicyclic) bond motifs is 9. The SMILES string of the molecule is Cc1cc2c3c(c1)N(c1ccc4c(c1)C(C)(C)CCC4(C)C)c1c(sc4cc5c(cc14)C(C)CCC5C)B3c1cc3c(cc1N2c1ccc(C(C)(C)C)cc1)C(C)CCC3C. The average Bonchev–Trinajstić information content (AvgIpc) is 3.59. The van der Waals surface area contributed by atoms with Gasteiger partial charge in [-0.3, -0.25) is 0 Å². The normalized spacial score (nSPS) is 23.2. The van der Waals surface area contributed by atoms with Crippen molar-refractivity contribution >= 4 is 78.0 Å². The molecule has 0 fully saturated rings. The van der Waals surface area contributed by atoms with Crippen molar-refractivity contribution in [2.45, 2.75) is 162 Å². The highest BCUT2D eigenvalue weighted by Gasteiger charge is 2.47. The predicted octanol–water partition coefficient (Wildman–Crippen LogP) is 14.9. The molecular formula is C57H65BN2S. The molecule has 0 N–H and O–H groups in total. The van der Waals surface area contributed by atoms with Gasteiger partial charge in [0.2, 0.25) is 0 Å². The van der Waals surface area contributed by atoms with Gasteiger partial charge in [-0.1, -0.05) is 100 Å². The van der Waals surface area contributed by atoms with Crippen LogP contribution in [-0.2, 0) is 16.2 Å². The highest BCUT2D eigenvalue weighted by atomic mass is 32.1. The van der Waals surface area contributed by atoms with Crippen LogP contribution in [0.15, 0.2) is 78.9 Å². The summed E-state index contributed by atoms with van der Waals surface area (Å²) in [6.45, 7) is 29.2. The Morgan fingerprint density at radius 2 is 1.13 bits per heavy atom. The van der Waals surface area contributed by atoms with Crippen LogP contribution in [0.4, 0.5) is 34.1 Å². The van der Waals surface area contributed by atoms with Gasteiger partial charge in [-0.05, 0) is 195 Å². The van der Waals surface area contributed by atoms with Crippen molar-refractivity contribution in [2.24, 2.45) is 0 Å². The molecule has 312 valence electrons. The molecule has 4 atom stereocenters. The van der Waals surface area contributed by atoms with Crippen LogP contribution >= 0.6 is 11.3 Å². The van der Waals surface area contributed by atoms with Crippen LogP contribution in [0.5, 0.6) is 0 Å². The summed E-state index contributed by atoms with van der Waals surface area (Å²) in [7, 11) is 0. The fourth-order valence-corrected chi connectivity index (χ4v) is 13.8. The largest absolute Gasteiger partial charge is 0.311 e. The maximum atomic E-state index is 2.74. The lowest BCUT2D eigenvalue weighted by Crippen LogP contribution is -2.60. The van der Waals surface area contributed by atoms with E-state index in [9.17, 15) is 0 Å². The summed E-state index contributed by atoms with van der Waals surface area (Å²) in [6.07, 6.45) is 7.47. The highest BCUT2D eigenvalue weighted by molar-refractivity contribution is 7.33. The quantitative estimate of drug-likeness (QED) is 0.160. The Morgan fingerprint density at radius 3 is 1.75 bits per heavy atom. The van der Waals surface area contributed by atoms with Crippen LogP contribution < -0.4 is 25.5 Å². The van der Waals surface area contributed by atoms with Gasteiger partial charge >= 0.3 is 0 Å². The molecule has 0 saturated heterocycles. The molecule has 11 rings (SSSR count). The zero-order chi connectivity index (χ0) is 42.7. The Morgan fingerprint density at radius 1 is 0.590 bits per heavy atom. The molecule has 0 radical (unpaired) electrons. The van der Waals surface area contributed by atoms with E-state index in [0.29, 0.717) is 23.7 Å². The lowest BCUT2D eigenvalue weighted by Gasteiger charge is -2.45. The molecule has 4 unspecified atom stereocenters. The third-order valence-corrected chi connectivity index (χ3v) is 17.7. The van der Waals surface area contributed by atoms with E-state index in [2.05, 4.69) is 183 Å². The molecule has 0 amide bonds. The molecule has 5 aliphatic rings. The average molecular weight is 821 g/mol. The van der Waals surface area contributed by atoms with E-state index in [1.165, 1.54) is 121 Å². The molecule has 4 heteroatoms. The summed E-state index contributed by atoms with van der Waals surface area (Å²) in [5, 5.41) is 1.44. The Balaban J connectivity index is 1.25. The smallest absolute Gasteiger partial charge is 0.264 e. The van der Waals surface area contributed by atoms with Crippen molar-refractivity contribution in [1.82, 2.24) is 0 Å². The maximum Gasteiger partial charge on any atom is 0.264 e. The second-order valence-corrected chi connectivity index (χ2v) is 23.8. The Hall–Kier alpha value is -4.28. The van der Waals surface area contributed by atoms with E-state index in [1.807, 2.05) is 0 Å². The fraction of sp³-hybridized carbons (Fsp3) is 0.439. The molecule has 6 aromatic rings. The van der Waals surface area contributed by atoms with Crippen molar-refractivity contribution in [3.63, 3.8) is 0 Å². The number of aryl methyl sites for hydroxylation is 1. The Labute approximate surface area is 370 Å². The summed E-state index contributed by atoms with van der Waals surface area (Å²) in [6, 6.07) is 32.8. The molecule has 0 saturated carbocycles. The van der Waals surface area contributed by atoms with Crippen LogP contribution in [0.1, 0.15) is 183 Å². The zero-order valence-electron chi connectivity index (χ0n) is 38.9. The predicted molar refractivity (Wildman–Crippen MR) is 267 cm³/mol. The summed E-state index contributed by atoms with van der Waals surface area (Å²) >= 11 is 2.09. The topological polar surface area (TPSA) is 6.48 Å². The molecule has 1 aromatic heterocycles. The first-order valence-electron chi connectivity index (χ1n) is 23.7. The van der Waals surface area contributed by atoms with Gasteiger partial charge in [0.15, 0.2) is 0 Å². The van der Waals surface area contributed by atoms with E-state index < -0.39 is 0 Å². The van der Waals surface area contributed by atoms with Crippen LogP contribution in [0.3, 0.4) is 0 Å². The third kappa shape index (κ3) is 5.86. The van der Waals surface area contributed by atoms with Gasteiger partial charge < -0.3 is 9.80 Å². The van der Waals surface area contributed by atoms with E-state index in [0.717, 1.165) is 0 Å². The van der Waals surface area contributed by atoms with E-state index in [4.69, 9.17) is 0 Å². The zero-order valence-corrected chi connectivity index (χ0v) is 39.8. The van der Waals surface area contributed by atoms with Crippen molar-refractivity contribution in [3.8, 4) is 0 Å². The first kappa shape index (κ1) is 39.6. The molecule has 2 aliphatic heterocycles. The second kappa shape index (κ2) is 13.4. The van der Waals surface area contributed by atoms with Crippen molar-refractivity contribution in [2.75, 3.05) is 9.80 Å². The monoisotopic (exact) mass is 820 g/mol. The third-order valence-electron chi connectivity index (χ3n) is 16.5. The number of benzene rings is 5. The maximum absolute atomic E-state index is 2.74. The number of nitrogens with zero attached hydrogens (tertiary/aromatic N) is 2. The number of anilines is 6. The van der Waals surface area contributed by atoms with Gasteiger partial charge in [0, 0.05) is 43.3 Å². The standard InChI is InChI=1S/C57H65BN2S/c1-32-25-49-52-50(26-32)60(39-21-22-45-46(27-39)57(11,12)24-23-56(45,9)10)53-44-28-40-33(2)13-16-36(5)43(40)31-51(44)61-54(53)58(52)47-29-41-34(3)14-15-35(4)42(41)30-48(47)59(49)38-19-17-37(18-20-38)55(6,7)8/h17-22,25-31,33-36H,13-16,23-24H2,1-12H3. The van der Waals surface area contributed by atoms with Crippen molar-refractivity contribution in [3.05, 3.63) is 123 Å². The van der Waals surface area contributed by atoms with E-state index >= 15 is 0 Å². The minimum Gasteiger partial charge on any atom is -0.311 e. The van der Waals surface area contributed by atoms with Gasteiger partial charge in [0.05, 0.1) is 5.69 Å². The Bertz CT molecular complexity index is 2800. The molecule has 61 heavy (non-hydrogen) atoms. The summed E-state index contributed by atoms with van der Waals surface area (Å²) in [5.74, 6) is 2.26. The minimum atomic E-state index is 0.0854. The van der Waals surface area contributed by atoms with E-state index in [-0.39, 0.29) is 23.0 Å². The van der Waals surface area contributed by atoms with Crippen molar-refractivity contribution < 1.29 is 0 Å².